The molecule has 4 rings (SSSR count). The molecular formula is C14H20N4O3S2. The molecule has 1 saturated carbocycles. The average Bonchev–Trinajstić information content (AvgIpc) is 3.28. The first-order valence-corrected chi connectivity index (χ1v) is 10.7. The van der Waals surface area contributed by atoms with E-state index in [-0.39, 0.29) is 5.91 Å². The maximum absolute atomic E-state index is 12.7. The first kappa shape index (κ1) is 15.5. The van der Waals surface area contributed by atoms with Crippen LogP contribution in [0.2, 0.25) is 0 Å². The minimum absolute atomic E-state index is 0.0748. The second-order valence-corrected chi connectivity index (χ2v) is 10.1. The summed E-state index contributed by atoms with van der Waals surface area (Å²) in [5.74, 6) is 1.15. The number of carbonyl (C=O) groups is 1. The molecule has 7 nitrogen and oxygen atoms in total. The number of hydrogen-bond acceptors (Lipinski definition) is 7. The zero-order chi connectivity index (χ0) is 16.1. The van der Waals surface area contributed by atoms with Gasteiger partial charge in [-0.05, 0) is 25.7 Å². The van der Waals surface area contributed by atoms with E-state index in [9.17, 15) is 9.00 Å². The number of ether oxygens (including phenoxy) is 1. The highest BCUT2D eigenvalue weighted by atomic mass is 32.2. The quantitative estimate of drug-likeness (QED) is 0.865. The van der Waals surface area contributed by atoms with Crippen molar-refractivity contribution in [1.29, 1.82) is 4.78 Å². The molecule has 2 aliphatic heterocycles. The summed E-state index contributed by atoms with van der Waals surface area (Å²) in [6, 6.07) is 0. The lowest BCUT2D eigenvalue weighted by molar-refractivity contribution is -0.104. The van der Waals surface area contributed by atoms with Crippen LogP contribution in [-0.4, -0.2) is 62.0 Å². The summed E-state index contributed by atoms with van der Waals surface area (Å²) < 4.78 is 25.5. The number of carbonyl (C=O) groups excluding carboxylic acids is 1. The first-order chi connectivity index (χ1) is 11.0. The monoisotopic (exact) mass is 356 g/mol. The molecule has 2 saturated heterocycles. The second kappa shape index (κ2) is 5.49. The predicted molar refractivity (Wildman–Crippen MR) is 86.3 cm³/mol. The lowest BCUT2D eigenvalue weighted by atomic mass is 9.94. The third-order valence-corrected chi connectivity index (χ3v) is 7.66. The van der Waals surface area contributed by atoms with E-state index in [0.29, 0.717) is 55.0 Å². The molecule has 1 aromatic rings. The normalized spacial score (nSPS) is 34.7. The number of hydrogen-bond donors (Lipinski definition) is 1. The average molecular weight is 356 g/mol. The van der Waals surface area contributed by atoms with Crippen molar-refractivity contribution in [2.45, 2.75) is 37.2 Å². The van der Waals surface area contributed by atoms with Gasteiger partial charge in [0.15, 0.2) is 0 Å². The van der Waals surface area contributed by atoms with E-state index in [1.54, 1.807) is 4.90 Å². The number of rotatable bonds is 2. The van der Waals surface area contributed by atoms with Gasteiger partial charge in [-0.15, -0.1) is 10.2 Å². The minimum atomic E-state index is -2.45. The summed E-state index contributed by atoms with van der Waals surface area (Å²) >= 11 is 1.41. The molecule has 0 radical (unpaired) electrons. The third kappa shape index (κ3) is 3.14. The maximum Gasteiger partial charge on any atom is 0.285 e. The smallest absolute Gasteiger partial charge is 0.285 e. The summed E-state index contributed by atoms with van der Waals surface area (Å²) in [7, 11) is -2.45. The zero-order valence-corrected chi connectivity index (χ0v) is 14.5. The molecule has 1 aliphatic carbocycles. The molecule has 1 aromatic heterocycles. The van der Waals surface area contributed by atoms with Crippen molar-refractivity contribution in [3.8, 4) is 0 Å². The summed E-state index contributed by atoms with van der Waals surface area (Å²) in [6.07, 6.45) is 3.47. The van der Waals surface area contributed by atoms with E-state index >= 15 is 0 Å². The van der Waals surface area contributed by atoms with Crippen molar-refractivity contribution < 1.29 is 13.7 Å². The Labute approximate surface area is 139 Å². The molecule has 3 heterocycles. The summed E-state index contributed by atoms with van der Waals surface area (Å²) in [6.45, 7) is 1.54. The molecule has 0 bridgehead atoms. The van der Waals surface area contributed by atoms with Gasteiger partial charge in [0.1, 0.15) is 5.01 Å². The first-order valence-electron chi connectivity index (χ1n) is 7.97. The molecule has 0 aromatic carbocycles. The van der Waals surface area contributed by atoms with Crippen molar-refractivity contribution in [1.82, 2.24) is 15.1 Å². The molecule has 1 N–H and O–H groups in total. The van der Waals surface area contributed by atoms with Crippen LogP contribution in [0.4, 0.5) is 0 Å². The van der Waals surface area contributed by atoms with Crippen LogP contribution in [0.15, 0.2) is 0 Å². The lowest BCUT2D eigenvalue weighted by Crippen LogP contribution is -2.56. The number of nitrogens with one attached hydrogen (secondary N) is 1. The Morgan fingerprint density at radius 3 is 2.78 bits per heavy atom. The summed E-state index contributed by atoms with van der Waals surface area (Å²) in [5.41, 5.74) is -0.431. The van der Waals surface area contributed by atoms with Crippen molar-refractivity contribution in [3.05, 3.63) is 10.0 Å². The van der Waals surface area contributed by atoms with E-state index < -0.39 is 15.3 Å². The molecule has 23 heavy (non-hydrogen) atoms. The highest BCUT2D eigenvalue weighted by molar-refractivity contribution is 7.92. The van der Waals surface area contributed by atoms with Crippen molar-refractivity contribution in [2.75, 3.05) is 31.2 Å². The number of aromatic nitrogens is 2. The Hall–Kier alpha value is -1.06. The molecule has 1 amide bonds. The van der Waals surface area contributed by atoms with Crippen LogP contribution in [0.1, 0.15) is 46.4 Å². The van der Waals surface area contributed by atoms with Gasteiger partial charge in [-0.1, -0.05) is 11.3 Å². The van der Waals surface area contributed by atoms with Crippen LogP contribution >= 0.6 is 11.3 Å². The van der Waals surface area contributed by atoms with Crippen LogP contribution in [-0.2, 0) is 14.5 Å². The SMILES string of the molecule is N=S1(=O)CCC2(CC1)CN(C(=O)c1nnc(C3CC3)s1)CCO2. The summed E-state index contributed by atoms with van der Waals surface area (Å²) in [4.78, 5) is 14.5. The predicted octanol–water partition coefficient (Wildman–Crippen LogP) is 1.47. The second-order valence-electron chi connectivity index (χ2n) is 6.70. The molecule has 0 unspecified atom stereocenters. The Morgan fingerprint density at radius 1 is 1.35 bits per heavy atom. The molecule has 3 aliphatic rings. The van der Waals surface area contributed by atoms with E-state index in [2.05, 4.69) is 10.2 Å². The van der Waals surface area contributed by atoms with Crippen LogP contribution in [0.25, 0.3) is 0 Å². The fraction of sp³-hybridized carbons (Fsp3) is 0.786. The van der Waals surface area contributed by atoms with Gasteiger partial charge >= 0.3 is 0 Å². The standard InChI is InChI=1S/C14H20N4O3S2/c15-23(20)7-3-14(4-8-23)9-18(5-6-21-14)13(19)12-17-16-11(22-12)10-1-2-10/h10,15H,1-9H2. The fourth-order valence-electron chi connectivity index (χ4n) is 3.20. The Bertz CT molecular complexity index is 712. The Balaban J connectivity index is 1.47. The van der Waals surface area contributed by atoms with Gasteiger partial charge in [0.25, 0.3) is 5.91 Å². The largest absolute Gasteiger partial charge is 0.371 e. The molecule has 0 atom stereocenters. The van der Waals surface area contributed by atoms with Crippen LogP contribution < -0.4 is 0 Å². The highest BCUT2D eigenvalue weighted by Crippen LogP contribution is 2.41. The van der Waals surface area contributed by atoms with E-state index in [1.165, 1.54) is 11.3 Å². The van der Waals surface area contributed by atoms with Crippen molar-refractivity contribution in [2.24, 2.45) is 0 Å². The van der Waals surface area contributed by atoms with Crippen molar-refractivity contribution in [3.63, 3.8) is 0 Å². The van der Waals surface area contributed by atoms with Crippen molar-refractivity contribution >= 4 is 27.0 Å². The van der Waals surface area contributed by atoms with E-state index in [1.807, 2.05) is 0 Å². The number of nitrogens with zero attached hydrogens (tertiary/aromatic N) is 3. The number of morpholine rings is 1. The van der Waals surface area contributed by atoms with Gasteiger partial charge in [-0.2, -0.15) is 0 Å². The molecule has 126 valence electrons. The molecular weight excluding hydrogens is 336 g/mol. The molecule has 9 heteroatoms. The number of amides is 1. The Morgan fingerprint density at radius 2 is 2.09 bits per heavy atom. The third-order valence-electron chi connectivity index (χ3n) is 4.86. The van der Waals surface area contributed by atoms with Crippen LogP contribution in [0.3, 0.4) is 0 Å². The van der Waals surface area contributed by atoms with Gasteiger partial charge in [0, 0.05) is 33.7 Å². The lowest BCUT2D eigenvalue weighted by Gasteiger charge is -2.44. The van der Waals surface area contributed by atoms with Gasteiger partial charge in [0.2, 0.25) is 5.01 Å². The van der Waals surface area contributed by atoms with Gasteiger partial charge in [0.05, 0.1) is 18.8 Å². The molecule has 3 fully saturated rings. The fourth-order valence-corrected chi connectivity index (χ4v) is 5.79. The van der Waals surface area contributed by atoms with E-state index in [4.69, 9.17) is 9.52 Å². The maximum atomic E-state index is 12.7. The summed E-state index contributed by atoms with van der Waals surface area (Å²) in [5, 5.41) is 9.65. The van der Waals surface area contributed by atoms with Crippen LogP contribution in [0, 0.1) is 4.78 Å². The molecule has 1 spiro atoms. The van der Waals surface area contributed by atoms with Gasteiger partial charge in [-0.3, -0.25) is 9.57 Å². The van der Waals surface area contributed by atoms with Crippen LogP contribution in [0.5, 0.6) is 0 Å². The zero-order valence-electron chi connectivity index (χ0n) is 12.8. The van der Waals surface area contributed by atoms with E-state index in [0.717, 1.165) is 17.8 Å². The Kier molecular flexibility index (Phi) is 3.69. The van der Waals surface area contributed by atoms with Gasteiger partial charge in [-0.25, -0.2) is 4.21 Å². The highest BCUT2D eigenvalue weighted by Gasteiger charge is 2.42. The van der Waals surface area contributed by atoms with Gasteiger partial charge < -0.3 is 9.64 Å². The minimum Gasteiger partial charge on any atom is -0.371 e. The topological polar surface area (TPSA) is 96.2 Å².